The van der Waals surface area contributed by atoms with Gasteiger partial charge in [-0.05, 0) is 42.7 Å². The summed E-state index contributed by atoms with van der Waals surface area (Å²) >= 11 is 0. The van der Waals surface area contributed by atoms with Crippen LogP contribution in [0, 0.1) is 11.7 Å². The van der Waals surface area contributed by atoms with Gasteiger partial charge < -0.3 is 14.6 Å². The van der Waals surface area contributed by atoms with Crippen molar-refractivity contribution in [1.82, 2.24) is 9.55 Å². The average molecular weight is 353 g/mol. The molecule has 1 fully saturated rings. The molecule has 0 bridgehead atoms. The number of carbonyl (C=O) groups is 1. The molecule has 2 heterocycles. The maximum Gasteiger partial charge on any atom is 0.306 e. The van der Waals surface area contributed by atoms with E-state index in [2.05, 4.69) is 9.47 Å². The number of fused-ring (bicyclic) bond motifs is 1. The van der Waals surface area contributed by atoms with Gasteiger partial charge in [0.25, 0.3) is 0 Å². The molecule has 1 N–H and O–H groups in total. The fraction of sp³-hybridized carbons (Fsp3) is 0.300. The van der Waals surface area contributed by atoms with Gasteiger partial charge in [-0.15, -0.1) is 0 Å². The van der Waals surface area contributed by atoms with Gasteiger partial charge in [-0.1, -0.05) is 24.3 Å². The first-order valence-corrected chi connectivity index (χ1v) is 8.79. The van der Waals surface area contributed by atoms with E-state index in [1.165, 1.54) is 12.1 Å². The van der Waals surface area contributed by atoms with Crippen molar-refractivity contribution in [2.24, 2.45) is 5.92 Å². The Balaban J connectivity index is 1.68. The highest BCUT2D eigenvalue weighted by Gasteiger charge is 2.27. The number of rotatable bonds is 4. The predicted molar refractivity (Wildman–Crippen MR) is 97.8 cm³/mol. The van der Waals surface area contributed by atoms with Crippen LogP contribution < -0.4 is 4.90 Å². The van der Waals surface area contributed by atoms with Crippen LogP contribution in [-0.4, -0.2) is 33.7 Å². The lowest BCUT2D eigenvalue weighted by Crippen LogP contribution is -2.37. The first-order valence-electron chi connectivity index (χ1n) is 8.79. The lowest BCUT2D eigenvalue weighted by Gasteiger charge is -2.31. The Kier molecular flexibility index (Phi) is 4.32. The lowest BCUT2D eigenvalue weighted by molar-refractivity contribution is -0.142. The van der Waals surface area contributed by atoms with Gasteiger partial charge in [0.15, 0.2) is 0 Å². The highest BCUT2D eigenvalue weighted by molar-refractivity contribution is 5.79. The topological polar surface area (TPSA) is 58.4 Å². The summed E-state index contributed by atoms with van der Waals surface area (Å²) in [5.41, 5.74) is 2.92. The molecule has 0 atom stereocenters. The lowest BCUT2D eigenvalue weighted by atomic mass is 9.97. The van der Waals surface area contributed by atoms with Crippen molar-refractivity contribution < 1.29 is 14.3 Å². The van der Waals surface area contributed by atoms with E-state index in [4.69, 9.17) is 4.98 Å². The fourth-order valence-corrected chi connectivity index (χ4v) is 3.56. The second-order valence-electron chi connectivity index (χ2n) is 6.71. The summed E-state index contributed by atoms with van der Waals surface area (Å²) in [4.78, 5) is 18.1. The van der Waals surface area contributed by atoms with Crippen molar-refractivity contribution >= 4 is 23.0 Å². The first-order chi connectivity index (χ1) is 12.6. The van der Waals surface area contributed by atoms with E-state index in [-0.39, 0.29) is 11.7 Å². The van der Waals surface area contributed by atoms with Gasteiger partial charge in [0.1, 0.15) is 5.82 Å². The van der Waals surface area contributed by atoms with Crippen molar-refractivity contribution in [2.45, 2.75) is 19.4 Å². The van der Waals surface area contributed by atoms with Crippen LogP contribution in [-0.2, 0) is 11.3 Å². The van der Waals surface area contributed by atoms with Crippen LogP contribution in [0.3, 0.4) is 0 Å². The molecular weight excluding hydrogens is 333 g/mol. The summed E-state index contributed by atoms with van der Waals surface area (Å²) in [6.07, 6.45) is 1.24. The summed E-state index contributed by atoms with van der Waals surface area (Å²) in [5.74, 6) is -0.398. The largest absolute Gasteiger partial charge is 0.481 e. The van der Waals surface area contributed by atoms with Gasteiger partial charge in [-0.25, -0.2) is 9.37 Å². The standard InChI is InChI=1S/C20H20FN3O2/c21-16-7-5-14(6-8-16)13-24-18-4-2-1-3-17(18)22-20(24)23-11-9-15(10-12-23)19(25)26/h1-8,15H,9-13H2,(H,25,26). The number of piperidine rings is 1. The molecule has 2 aromatic carbocycles. The third-order valence-electron chi connectivity index (χ3n) is 5.02. The average Bonchev–Trinajstić information content (AvgIpc) is 3.02. The minimum absolute atomic E-state index is 0.250. The number of aliphatic carboxylic acids is 1. The number of halogens is 1. The molecule has 1 aliphatic heterocycles. The Hall–Kier alpha value is -2.89. The number of benzene rings is 2. The van der Waals surface area contributed by atoms with Gasteiger partial charge >= 0.3 is 5.97 Å². The van der Waals surface area contributed by atoms with E-state index < -0.39 is 5.97 Å². The molecule has 0 saturated carbocycles. The molecule has 1 saturated heterocycles. The molecule has 0 spiro atoms. The zero-order valence-corrected chi connectivity index (χ0v) is 14.3. The molecule has 134 valence electrons. The van der Waals surface area contributed by atoms with E-state index in [1.54, 1.807) is 12.1 Å². The van der Waals surface area contributed by atoms with Crippen molar-refractivity contribution in [2.75, 3.05) is 18.0 Å². The molecule has 0 amide bonds. The molecule has 26 heavy (non-hydrogen) atoms. The number of aromatic nitrogens is 2. The van der Waals surface area contributed by atoms with Crippen LogP contribution in [0.4, 0.5) is 10.3 Å². The fourth-order valence-electron chi connectivity index (χ4n) is 3.56. The van der Waals surface area contributed by atoms with Crippen LogP contribution in [0.15, 0.2) is 48.5 Å². The number of carboxylic acids is 1. The molecule has 1 aliphatic rings. The van der Waals surface area contributed by atoms with E-state index >= 15 is 0 Å². The number of anilines is 1. The molecule has 0 radical (unpaired) electrons. The number of carboxylic acid groups (broad SMARTS) is 1. The molecule has 5 nitrogen and oxygen atoms in total. The molecule has 6 heteroatoms. The maximum absolute atomic E-state index is 13.2. The normalized spacial score (nSPS) is 15.5. The monoisotopic (exact) mass is 353 g/mol. The number of nitrogens with zero attached hydrogens (tertiary/aromatic N) is 3. The number of imidazole rings is 1. The third-order valence-corrected chi connectivity index (χ3v) is 5.02. The van der Waals surface area contributed by atoms with Crippen LogP contribution in [0.1, 0.15) is 18.4 Å². The van der Waals surface area contributed by atoms with Gasteiger partial charge in [-0.3, -0.25) is 4.79 Å². The van der Waals surface area contributed by atoms with E-state index in [1.807, 2.05) is 24.3 Å². The van der Waals surface area contributed by atoms with E-state index in [0.717, 1.165) is 22.5 Å². The van der Waals surface area contributed by atoms with Gasteiger partial charge in [-0.2, -0.15) is 0 Å². The minimum atomic E-state index is -0.718. The predicted octanol–water partition coefficient (Wildman–Crippen LogP) is 3.52. The summed E-state index contributed by atoms with van der Waals surface area (Å²) in [5, 5.41) is 9.21. The highest BCUT2D eigenvalue weighted by atomic mass is 19.1. The zero-order chi connectivity index (χ0) is 18.1. The minimum Gasteiger partial charge on any atom is -0.481 e. The second-order valence-corrected chi connectivity index (χ2v) is 6.71. The van der Waals surface area contributed by atoms with Gasteiger partial charge in [0, 0.05) is 13.1 Å². The number of hydrogen-bond acceptors (Lipinski definition) is 3. The molecule has 0 unspecified atom stereocenters. The van der Waals surface area contributed by atoms with Crippen LogP contribution in [0.5, 0.6) is 0 Å². The molecule has 1 aromatic heterocycles. The molecule has 3 aromatic rings. The molecule has 4 rings (SSSR count). The van der Waals surface area contributed by atoms with Crippen molar-refractivity contribution in [3.63, 3.8) is 0 Å². The Morgan fingerprint density at radius 3 is 2.50 bits per heavy atom. The van der Waals surface area contributed by atoms with Crippen LogP contribution in [0.2, 0.25) is 0 Å². The summed E-state index contributed by atoms with van der Waals surface area (Å²) in [6.45, 7) is 1.93. The zero-order valence-electron chi connectivity index (χ0n) is 14.3. The first kappa shape index (κ1) is 16.6. The van der Waals surface area contributed by atoms with Gasteiger partial charge in [0.2, 0.25) is 5.95 Å². The molecular formula is C20H20FN3O2. The second kappa shape index (κ2) is 6.78. The van der Waals surface area contributed by atoms with E-state index in [0.29, 0.717) is 32.5 Å². The molecule has 0 aliphatic carbocycles. The van der Waals surface area contributed by atoms with Crippen LogP contribution >= 0.6 is 0 Å². The summed E-state index contributed by atoms with van der Waals surface area (Å²) < 4.78 is 15.3. The Morgan fingerprint density at radius 2 is 1.81 bits per heavy atom. The SMILES string of the molecule is O=C(O)C1CCN(c2nc3ccccc3n2Cc2ccc(F)cc2)CC1. The summed E-state index contributed by atoms with van der Waals surface area (Å²) in [7, 11) is 0. The van der Waals surface area contributed by atoms with Crippen LogP contribution in [0.25, 0.3) is 11.0 Å². The Labute approximate surface area is 150 Å². The van der Waals surface area contributed by atoms with Crippen molar-refractivity contribution in [3.8, 4) is 0 Å². The van der Waals surface area contributed by atoms with Crippen molar-refractivity contribution in [1.29, 1.82) is 0 Å². The Morgan fingerprint density at radius 1 is 1.12 bits per heavy atom. The van der Waals surface area contributed by atoms with E-state index in [9.17, 15) is 14.3 Å². The maximum atomic E-state index is 13.2. The smallest absolute Gasteiger partial charge is 0.306 e. The summed E-state index contributed by atoms with van der Waals surface area (Å²) in [6, 6.07) is 14.4. The Bertz CT molecular complexity index is 928. The third kappa shape index (κ3) is 3.14. The number of hydrogen-bond donors (Lipinski definition) is 1. The quantitative estimate of drug-likeness (QED) is 0.780. The highest BCUT2D eigenvalue weighted by Crippen LogP contribution is 2.28. The number of para-hydroxylation sites is 2. The van der Waals surface area contributed by atoms with Gasteiger partial charge in [0.05, 0.1) is 23.5 Å². The van der Waals surface area contributed by atoms with Crippen molar-refractivity contribution in [3.05, 3.63) is 59.9 Å².